The van der Waals surface area contributed by atoms with Crippen LogP contribution in [0.5, 0.6) is 0 Å². The van der Waals surface area contributed by atoms with Crippen molar-refractivity contribution in [2.75, 3.05) is 29.8 Å². The summed E-state index contributed by atoms with van der Waals surface area (Å²) in [4.78, 5) is 12.2. The van der Waals surface area contributed by atoms with Crippen LogP contribution in [-0.4, -0.2) is 49.5 Å². The number of hydrogen-bond donors (Lipinski definition) is 1. The topological polar surface area (TPSA) is 78.4 Å². The van der Waals surface area contributed by atoms with Crippen LogP contribution in [0.15, 0.2) is 38.8 Å². The van der Waals surface area contributed by atoms with Gasteiger partial charge in [0.1, 0.15) is 10.7 Å². The van der Waals surface area contributed by atoms with E-state index in [4.69, 9.17) is 0 Å². The fourth-order valence-electron chi connectivity index (χ4n) is 3.70. The number of rotatable bonds is 7. The van der Waals surface area contributed by atoms with Gasteiger partial charge in [-0.25, -0.2) is 22.8 Å². The van der Waals surface area contributed by atoms with Gasteiger partial charge in [-0.3, -0.25) is 9.62 Å². The van der Waals surface area contributed by atoms with Crippen molar-refractivity contribution in [1.29, 1.82) is 0 Å². The van der Waals surface area contributed by atoms with Crippen LogP contribution in [0.3, 0.4) is 0 Å². The van der Waals surface area contributed by atoms with Crippen molar-refractivity contribution in [1.82, 2.24) is 14.9 Å². The Morgan fingerprint density at radius 1 is 1.27 bits per heavy atom. The zero-order valence-corrected chi connectivity index (χ0v) is 19.0. The highest BCUT2D eigenvalue weighted by atomic mass is 32.2. The first kappa shape index (κ1) is 21.2. The van der Waals surface area contributed by atoms with Crippen molar-refractivity contribution in [3.05, 3.63) is 51.0 Å². The molecule has 160 valence electrons. The molecule has 0 amide bonds. The summed E-state index contributed by atoms with van der Waals surface area (Å²) in [6.45, 7) is 4.40. The largest absolute Gasteiger partial charge is 0.370 e. The summed E-state index contributed by atoms with van der Waals surface area (Å²) in [5.41, 5.74) is 5.81. The lowest BCUT2D eigenvalue weighted by Gasteiger charge is -2.29. The first-order valence-corrected chi connectivity index (χ1v) is 12.7. The van der Waals surface area contributed by atoms with Crippen LogP contribution in [0.2, 0.25) is 0 Å². The Kier molecular flexibility index (Phi) is 6.05. The van der Waals surface area contributed by atoms with Crippen molar-refractivity contribution in [3.63, 3.8) is 0 Å². The number of aromatic nitrogens is 2. The van der Waals surface area contributed by atoms with Crippen LogP contribution in [0.4, 0.5) is 15.9 Å². The summed E-state index contributed by atoms with van der Waals surface area (Å²) >= 11 is 2.85. The van der Waals surface area contributed by atoms with Gasteiger partial charge >= 0.3 is 0 Å². The molecule has 1 aliphatic rings. The zero-order chi connectivity index (χ0) is 21.3. The second-order valence-electron chi connectivity index (χ2n) is 7.32. The molecule has 1 aromatic carbocycles. The predicted molar refractivity (Wildman–Crippen MR) is 118 cm³/mol. The van der Waals surface area contributed by atoms with Gasteiger partial charge in [0.15, 0.2) is 5.82 Å². The van der Waals surface area contributed by atoms with Crippen molar-refractivity contribution in [2.45, 2.75) is 30.8 Å². The van der Waals surface area contributed by atoms with E-state index in [9.17, 15) is 12.8 Å². The Morgan fingerprint density at radius 3 is 2.73 bits per heavy atom. The first-order chi connectivity index (χ1) is 14.3. The summed E-state index contributed by atoms with van der Waals surface area (Å²) in [6.07, 6.45) is 0.952. The molecule has 0 radical (unpaired) electrons. The van der Waals surface area contributed by atoms with E-state index in [1.54, 1.807) is 23.6 Å². The number of benzene rings is 1. The summed E-state index contributed by atoms with van der Waals surface area (Å²) in [5.74, 6) is -0.591. The average Bonchev–Trinajstić information content (AvgIpc) is 3.46. The molecule has 0 aliphatic carbocycles. The van der Waals surface area contributed by atoms with Gasteiger partial charge in [-0.15, -0.1) is 22.7 Å². The van der Waals surface area contributed by atoms with Crippen LogP contribution in [0, 0.1) is 12.7 Å². The minimum Gasteiger partial charge on any atom is -0.370 e. The molecule has 3 aromatic rings. The molecule has 30 heavy (non-hydrogen) atoms. The second kappa shape index (κ2) is 8.58. The number of hydrogen-bond acceptors (Lipinski definition) is 8. The van der Waals surface area contributed by atoms with Gasteiger partial charge in [0, 0.05) is 49.2 Å². The van der Waals surface area contributed by atoms with Crippen LogP contribution >= 0.6 is 22.7 Å². The number of likely N-dealkylation sites (tertiary alicyclic amines) is 1. The molecule has 1 saturated heterocycles. The van der Waals surface area contributed by atoms with Crippen molar-refractivity contribution in [2.24, 2.45) is 0 Å². The fourth-order valence-corrected chi connectivity index (χ4v) is 5.95. The molecule has 7 nitrogen and oxygen atoms in total. The molecule has 3 heterocycles. The summed E-state index contributed by atoms with van der Waals surface area (Å²) < 4.78 is 42.4. The monoisotopic (exact) mass is 467 g/mol. The molecule has 2 aromatic heterocycles. The molecule has 0 saturated carbocycles. The molecule has 1 N–H and O–H groups in total. The van der Waals surface area contributed by atoms with E-state index in [0.717, 1.165) is 31.7 Å². The molecule has 1 atom stereocenters. The summed E-state index contributed by atoms with van der Waals surface area (Å²) in [5, 5.41) is 3.61. The van der Waals surface area contributed by atoms with Gasteiger partial charge in [0.05, 0.1) is 16.7 Å². The van der Waals surface area contributed by atoms with E-state index in [0.29, 0.717) is 11.3 Å². The quantitative estimate of drug-likeness (QED) is 0.573. The lowest BCUT2D eigenvalue weighted by molar-refractivity contribution is 0.322. The van der Waals surface area contributed by atoms with Crippen molar-refractivity contribution < 1.29 is 12.8 Å². The lowest BCUT2D eigenvalue weighted by atomic mass is 10.1. The number of aryl methyl sites for hydroxylation is 1. The molecule has 0 unspecified atom stereocenters. The second-order valence-corrected chi connectivity index (χ2v) is 10.4. The third kappa shape index (κ3) is 4.48. The van der Waals surface area contributed by atoms with E-state index >= 15 is 0 Å². The van der Waals surface area contributed by atoms with E-state index < -0.39 is 15.8 Å². The minimum atomic E-state index is -4.05. The Morgan fingerprint density at radius 2 is 2.03 bits per heavy atom. The maximum atomic E-state index is 14.8. The number of thiazole rings is 2. The number of anilines is 2. The lowest BCUT2D eigenvalue weighted by Crippen LogP contribution is -2.35. The molecular weight excluding hydrogens is 445 g/mol. The van der Waals surface area contributed by atoms with Gasteiger partial charge in [0.2, 0.25) is 0 Å². The summed E-state index contributed by atoms with van der Waals surface area (Å²) in [6, 6.07) is 2.92. The minimum absolute atomic E-state index is 0.185. The van der Waals surface area contributed by atoms with E-state index in [1.807, 2.05) is 17.5 Å². The Hall–Kier alpha value is -2.08. The Labute approximate surface area is 183 Å². The maximum absolute atomic E-state index is 14.8. The number of halogens is 1. The van der Waals surface area contributed by atoms with Crippen LogP contribution in [0.1, 0.15) is 17.7 Å². The highest BCUT2D eigenvalue weighted by molar-refractivity contribution is 7.92. The van der Waals surface area contributed by atoms with Gasteiger partial charge in [-0.1, -0.05) is 0 Å². The average molecular weight is 468 g/mol. The van der Waals surface area contributed by atoms with E-state index in [-0.39, 0.29) is 16.8 Å². The molecule has 11 heteroatoms. The Bertz CT molecular complexity index is 1100. The van der Waals surface area contributed by atoms with Gasteiger partial charge in [-0.2, -0.15) is 0 Å². The molecule has 0 spiro atoms. The third-order valence-corrected chi connectivity index (χ3v) is 7.85. The van der Waals surface area contributed by atoms with Gasteiger partial charge in [0.25, 0.3) is 10.0 Å². The van der Waals surface area contributed by atoms with E-state index in [2.05, 4.69) is 25.0 Å². The van der Waals surface area contributed by atoms with Crippen LogP contribution in [-0.2, 0) is 16.6 Å². The highest BCUT2D eigenvalue weighted by Gasteiger charge is 2.29. The van der Waals surface area contributed by atoms with Crippen molar-refractivity contribution in [3.8, 4) is 0 Å². The standard InChI is InChI=1S/C19H22FN5O2S3/c1-13-5-18(30(26,27)23-19-10-29-12-22-19)16(20)6-17(13)24(2)15-3-4-25(8-15)7-14-9-28-11-21-14/h5-6,9-12,15,23H,3-4,7-8H2,1-2H3/t15-/m0/s1. The highest BCUT2D eigenvalue weighted by Crippen LogP contribution is 2.30. The van der Waals surface area contributed by atoms with Crippen molar-refractivity contribution >= 4 is 44.2 Å². The smallest absolute Gasteiger partial charge is 0.266 e. The SMILES string of the molecule is Cc1cc(S(=O)(=O)Nc2cscn2)c(F)cc1N(C)[C@H]1CCN(Cc2cscn2)C1. The number of nitrogens with zero attached hydrogens (tertiary/aromatic N) is 4. The molecular formula is C19H22FN5O2S3. The normalized spacial score (nSPS) is 17.4. The third-order valence-electron chi connectivity index (χ3n) is 5.26. The van der Waals surface area contributed by atoms with Gasteiger partial charge in [-0.05, 0) is 31.0 Å². The zero-order valence-electron chi connectivity index (χ0n) is 16.6. The maximum Gasteiger partial charge on any atom is 0.266 e. The Balaban J connectivity index is 1.50. The number of likely N-dealkylation sites (N-methyl/N-ethyl adjacent to an activating group) is 1. The van der Waals surface area contributed by atoms with E-state index in [1.165, 1.54) is 29.0 Å². The molecule has 1 aliphatic heterocycles. The number of sulfonamides is 1. The van der Waals surface area contributed by atoms with Crippen LogP contribution < -0.4 is 9.62 Å². The summed E-state index contributed by atoms with van der Waals surface area (Å²) in [7, 11) is -2.12. The molecule has 0 bridgehead atoms. The fraction of sp³-hybridized carbons (Fsp3) is 0.368. The molecule has 1 fully saturated rings. The van der Waals surface area contributed by atoms with Crippen LogP contribution in [0.25, 0.3) is 0 Å². The molecule has 4 rings (SSSR count). The predicted octanol–water partition coefficient (Wildman–Crippen LogP) is 3.56. The number of nitrogens with one attached hydrogen (secondary N) is 1. The first-order valence-electron chi connectivity index (χ1n) is 9.37. The van der Waals surface area contributed by atoms with Gasteiger partial charge < -0.3 is 4.90 Å².